The summed E-state index contributed by atoms with van der Waals surface area (Å²) < 4.78 is 10.2. The summed E-state index contributed by atoms with van der Waals surface area (Å²) in [5.41, 5.74) is 3.68. The quantitative estimate of drug-likeness (QED) is 0.216. The van der Waals surface area contributed by atoms with E-state index in [0.717, 1.165) is 16.9 Å². The Morgan fingerprint density at radius 3 is 1.58 bits per heavy atom. The van der Waals surface area contributed by atoms with Crippen molar-refractivity contribution in [3.05, 3.63) is 120 Å². The molecule has 0 spiro atoms. The summed E-state index contributed by atoms with van der Waals surface area (Å²) in [5.74, 6) is 1.30. The minimum absolute atomic E-state index is 0.283. The number of carbonyl (C=O) groups excluding carboxylic acids is 3. The minimum atomic E-state index is -0.835. The van der Waals surface area contributed by atoms with Crippen LogP contribution in [0.15, 0.2) is 109 Å². The number of hydrogen-bond acceptors (Lipinski definition) is 6. The Balaban J connectivity index is 0.000000423. The average molecular weight is 611 g/mol. The van der Waals surface area contributed by atoms with E-state index in [1.54, 1.807) is 45.5 Å². The van der Waals surface area contributed by atoms with Crippen molar-refractivity contribution in [2.75, 3.05) is 45.2 Å². The number of ether oxygens (including phenoxy) is 2. The van der Waals surface area contributed by atoms with Crippen LogP contribution in [0, 0.1) is 0 Å². The smallest absolute Gasteiger partial charge is 0.316 e. The monoisotopic (exact) mass is 610 g/mol. The van der Waals surface area contributed by atoms with E-state index < -0.39 is 18.1 Å². The highest BCUT2D eigenvalue weighted by Crippen LogP contribution is 2.20. The molecule has 0 heterocycles. The molecule has 0 aliphatic rings. The van der Waals surface area contributed by atoms with Crippen LogP contribution in [0.5, 0.6) is 11.5 Å². The van der Waals surface area contributed by atoms with Crippen LogP contribution < -0.4 is 29.9 Å². The second kappa shape index (κ2) is 17.7. The summed E-state index contributed by atoms with van der Waals surface area (Å²) in [6.45, 7) is 0. The molecule has 0 aliphatic heterocycles. The van der Waals surface area contributed by atoms with Gasteiger partial charge in [-0.15, -0.1) is 0 Å². The predicted octanol–water partition coefficient (Wildman–Crippen LogP) is 5.14. The van der Waals surface area contributed by atoms with Crippen LogP contribution in [-0.2, 0) is 22.4 Å². The highest BCUT2D eigenvalue weighted by Gasteiger charge is 2.26. The van der Waals surface area contributed by atoms with Gasteiger partial charge in [-0.25, -0.2) is 4.79 Å². The highest BCUT2D eigenvalue weighted by atomic mass is 16.5. The van der Waals surface area contributed by atoms with Gasteiger partial charge in [0.25, 0.3) is 0 Å². The fourth-order valence-corrected chi connectivity index (χ4v) is 4.47. The Hall–Kier alpha value is -5.31. The molecule has 9 heteroatoms. The minimum Gasteiger partial charge on any atom is -0.497 e. The van der Waals surface area contributed by atoms with Gasteiger partial charge in [0.05, 0.1) is 20.3 Å². The Kier molecular flexibility index (Phi) is 13.5. The van der Waals surface area contributed by atoms with Gasteiger partial charge >= 0.3 is 6.03 Å². The summed E-state index contributed by atoms with van der Waals surface area (Å²) in [6.07, 6.45) is 1.36. The van der Waals surface area contributed by atoms with Crippen molar-refractivity contribution in [2.24, 2.45) is 0 Å². The largest absolute Gasteiger partial charge is 0.497 e. The number of likely N-dealkylation sites (N-methyl/N-ethyl adjacent to an activating group) is 1. The van der Waals surface area contributed by atoms with Crippen molar-refractivity contribution in [2.45, 2.75) is 24.9 Å². The number of methoxy groups -OCH3 is 2. The standard InChI is InChI=1S/C27H29N3O4.C9H13NO/c1-30(23-13-15-24(34-2)16-14-23)26(32)25(18-21-11-7-4-8-12-21)29-27(33)28-22(19-31)17-20-9-5-3-6-10-20;1-10(2)8-4-6-9(11-3)7-5-8/h3-16,19,22,25H,17-18H2,1-2H3,(H2,28,29,33);4-7H,1-3H3/t22-,25?;/m0./s1. The van der Waals surface area contributed by atoms with E-state index in [2.05, 4.69) is 15.5 Å². The topological polar surface area (TPSA) is 100 Å². The summed E-state index contributed by atoms with van der Waals surface area (Å²) in [7, 11) is 8.94. The number of nitrogens with zero attached hydrogens (tertiary/aromatic N) is 2. The summed E-state index contributed by atoms with van der Waals surface area (Å²) in [4.78, 5) is 41.3. The van der Waals surface area contributed by atoms with Crippen molar-refractivity contribution in [1.82, 2.24) is 10.6 Å². The molecule has 9 nitrogen and oxygen atoms in total. The maximum atomic E-state index is 13.4. The zero-order valence-corrected chi connectivity index (χ0v) is 26.5. The van der Waals surface area contributed by atoms with E-state index in [4.69, 9.17) is 9.47 Å². The third-order valence-corrected chi connectivity index (χ3v) is 7.04. The van der Waals surface area contributed by atoms with Gasteiger partial charge in [0.2, 0.25) is 5.91 Å². The molecule has 2 N–H and O–H groups in total. The molecule has 0 aromatic heterocycles. The molecule has 4 aromatic carbocycles. The van der Waals surface area contributed by atoms with Gasteiger partial charge in [-0.3, -0.25) is 4.79 Å². The molecule has 3 amide bonds. The first-order valence-electron chi connectivity index (χ1n) is 14.6. The Morgan fingerprint density at radius 2 is 1.13 bits per heavy atom. The SMILES string of the molecule is COc1ccc(N(C)C(=O)C(Cc2ccccc2)NC(=O)N[C@H](C=O)Cc2ccccc2)cc1.COc1ccc(N(C)C)cc1. The van der Waals surface area contributed by atoms with Crippen LogP contribution in [0.1, 0.15) is 11.1 Å². The summed E-state index contributed by atoms with van der Waals surface area (Å²) in [6, 6.07) is 31.8. The van der Waals surface area contributed by atoms with E-state index >= 15 is 0 Å². The van der Waals surface area contributed by atoms with Crippen LogP contribution in [0.2, 0.25) is 0 Å². The first kappa shape index (κ1) is 34.2. The molecule has 236 valence electrons. The molecule has 45 heavy (non-hydrogen) atoms. The second-order valence-corrected chi connectivity index (χ2v) is 10.5. The Labute approximate surface area is 265 Å². The van der Waals surface area contributed by atoms with Crippen molar-refractivity contribution >= 4 is 29.6 Å². The third-order valence-electron chi connectivity index (χ3n) is 7.04. The molecule has 4 aromatic rings. The van der Waals surface area contributed by atoms with Gasteiger partial charge < -0.3 is 34.7 Å². The number of rotatable bonds is 12. The fraction of sp³-hybridized carbons (Fsp3) is 0.250. The lowest BCUT2D eigenvalue weighted by atomic mass is 10.0. The van der Waals surface area contributed by atoms with E-state index in [0.29, 0.717) is 30.6 Å². The number of anilines is 2. The number of urea groups is 1. The normalized spacial score (nSPS) is 11.5. The van der Waals surface area contributed by atoms with E-state index in [1.807, 2.05) is 99.0 Å². The summed E-state index contributed by atoms with van der Waals surface area (Å²) in [5, 5.41) is 5.44. The van der Waals surface area contributed by atoms with Crippen LogP contribution >= 0.6 is 0 Å². The van der Waals surface area contributed by atoms with Gasteiger partial charge in [-0.2, -0.15) is 0 Å². The number of benzene rings is 4. The van der Waals surface area contributed by atoms with Gasteiger partial charge in [-0.05, 0) is 66.1 Å². The van der Waals surface area contributed by atoms with E-state index in [9.17, 15) is 14.4 Å². The molecule has 4 rings (SSSR count). The summed E-state index contributed by atoms with van der Waals surface area (Å²) >= 11 is 0. The molecular weight excluding hydrogens is 568 g/mol. The van der Waals surface area contributed by atoms with E-state index in [-0.39, 0.29) is 5.91 Å². The lowest BCUT2D eigenvalue weighted by molar-refractivity contribution is -0.120. The maximum Gasteiger partial charge on any atom is 0.316 e. The highest BCUT2D eigenvalue weighted by molar-refractivity contribution is 5.99. The second-order valence-electron chi connectivity index (χ2n) is 10.5. The van der Waals surface area contributed by atoms with Crippen LogP contribution in [0.3, 0.4) is 0 Å². The zero-order chi connectivity index (χ0) is 32.6. The first-order valence-corrected chi connectivity index (χ1v) is 14.6. The maximum absolute atomic E-state index is 13.4. The van der Waals surface area contributed by atoms with Crippen molar-refractivity contribution < 1.29 is 23.9 Å². The predicted molar refractivity (Wildman–Crippen MR) is 179 cm³/mol. The van der Waals surface area contributed by atoms with Crippen molar-refractivity contribution in [3.8, 4) is 11.5 Å². The first-order chi connectivity index (χ1) is 21.7. The lowest BCUT2D eigenvalue weighted by Gasteiger charge is -2.26. The number of carbonyl (C=O) groups is 3. The van der Waals surface area contributed by atoms with Crippen molar-refractivity contribution in [1.29, 1.82) is 0 Å². The third kappa shape index (κ3) is 11.0. The Morgan fingerprint density at radius 1 is 0.667 bits per heavy atom. The molecule has 0 saturated carbocycles. The van der Waals surface area contributed by atoms with Gasteiger partial charge in [0, 0.05) is 38.9 Å². The molecule has 0 saturated heterocycles. The number of amides is 3. The fourth-order valence-electron chi connectivity index (χ4n) is 4.47. The molecule has 0 aliphatic carbocycles. The van der Waals surface area contributed by atoms with Gasteiger partial charge in [-0.1, -0.05) is 60.7 Å². The molecule has 2 atom stereocenters. The molecule has 0 fully saturated rings. The van der Waals surface area contributed by atoms with Gasteiger partial charge in [0.1, 0.15) is 23.8 Å². The van der Waals surface area contributed by atoms with Gasteiger partial charge in [0.15, 0.2) is 0 Å². The number of hydrogen-bond donors (Lipinski definition) is 2. The van der Waals surface area contributed by atoms with Crippen LogP contribution in [0.4, 0.5) is 16.2 Å². The lowest BCUT2D eigenvalue weighted by Crippen LogP contribution is -2.53. The number of aldehydes is 1. The van der Waals surface area contributed by atoms with Crippen LogP contribution in [0.25, 0.3) is 0 Å². The molecule has 0 radical (unpaired) electrons. The Bertz CT molecular complexity index is 1460. The number of nitrogens with one attached hydrogen (secondary N) is 2. The molecule has 0 bridgehead atoms. The van der Waals surface area contributed by atoms with E-state index in [1.165, 1.54) is 10.6 Å². The van der Waals surface area contributed by atoms with Crippen LogP contribution in [-0.4, -0.2) is 65.7 Å². The zero-order valence-electron chi connectivity index (χ0n) is 26.5. The molecule has 1 unspecified atom stereocenters. The van der Waals surface area contributed by atoms with Crippen molar-refractivity contribution in [3.63, 3.8) is 0 Å². The average Bonchev–Trinajstić information content (AvgIpc) is 3.08. The molecular formula is C36H42N4O5.